The second kappa shape index (κ2) is 17.2. The summed E-state index contributed by atoms with van der Waals surface area (Å²) >= 11 is 0. The lowest BCUT2D eigenvalue weighted by Gasteiger charge is -2.36. The van der Waals surface area contributed by atoms with Crippen LogP contribution in [0.15, 0.2) is 47.7 Å². The number of likely N-dealkylation sites (tertiary alicyclic amines) is 2. The molecule has 3 atom stereocenters. The van der Waals surface area contributed by atoms with Crippen LogP contribution in [-0.2, 0) is 26.1 Å². The van der Waals surface area contributed by atoms with Crippen molar-refractivity contribution in [1.82, 2.24) is 43.3 Å². The lowest BCUT2D eigenvalue weighted by atomic mass is 9.85. The van der Waals surface area contributed by atoms with E-state index in [0.29, 0.717) is 34.8 Å². The van der Waals surface area contributed by atoms with Crippen molar-refractivity contribution in [2.24, 2.45) is 13.0 Å². The van der Waals surface area contributed by atoms with Crippen molar-refractivity contribution in [1.29, 1.82) is 0 Å². The average molecular weight is 880 g/mol. The van der Waals surface area contributed by atoms with E-state index in [4.69, 9.17) is 14.5 Å². The number of anilines is 2. The molecule has 19 heteroatoms. The van der Waals surface area contributed by atoms with E-state index in [-0.39, 0.29) is 72.5 Å². The zero-order valence-corrected chi connectivity index (χ0v) is 35.9. The second-order valence-corrected chi connectivity index (χ2v) is 17.8. The predicted molar refractivity (Wildman–Crippen MR) is 230 cm³/mol. The number of rotatable bonds is 10. The van der Waals surface area contributed by atoms with Crippen LogP contribution in [-0.4, -0.2) is 126 Å². The van der Waals surface area contributed by atoms with E-state index < -0.39 is 24.1 Å². The number of carbonyl (C=O) groups is 3. The smallest absolute Gasteiger partial charge is 0.329 e. The van der Waals surface area contributed by atoms with Gasteiger partial charge in [-0.3, -0.25) is 33.1 Å². The largest absolute Gasteiger partial charge is 0.374 e. The van der Waals surface area contributed by atoms with Gasteiger partial charge in [0.25, 0.3) is 18.2 Å². The number of fused-ring (bicyclic) bond motifs is 4. The van der Waals surface area contributed by atoms with Gasteiger partial charge in [-0.05, 0) is 75.5 Å². The Hall–Kier alpha value is -5.97. The van der Waals surface area contributed by atoms with E-state index in [9.17, 15) is 28.0 Å². The highest BCUT2D eigenvalue weighted by Gasteiger charge is 2.40. The molecule has 1 N–H and O–H groups in total. The van der Waals surface area contributed by atoms with Crippen molar-refractivity contribution >= 4 is 45.9 Å². The Balaban J connectivity index is 0.700. The molecular weight excluding hydrogens is 829 g/mol. The summed E-state index contributed by atoms with van der Waals surface area (Å²) < 4.78 is 46.6. The molecule has 17 nitrogen and oxygen atoms in total. The molecule has 0 spiro atoms. The van der Waals surface area contributed by atoms with E-state index in [1.165, 1.54) is 33.1 Å². The first-order chi connectivity index (χ1) is 31.0. The topological polar surface area (TPSA) is 166 Å². The number of carbonyl (C=O) groups excluding carboxylic acids is 3. The number of ether oxygens (including phenoxy) is 2. The molecule has 5 fully saturated rings. The Bertz CT molecular complexity index is 2730. The minimum Gasteiger partial charge on any atom is -0.374 e. The number of nitrogens with zero attached hydrogens (tertiary/aromatic N) is 10. The number of alkyl halides is 2. The Morgan fingerprint density at radius 3 is 2.59 bits per heavy atom. The molecule has 2 bridgehead atoms. The van der Waals surface area contributed by atoms with Gasteiger partial charge < -0.3 is 24.6 Å². The summed E-state index contributed by atoms with van der Waals surface area (Å²) in [5.41, 5.74) is 1.66. The van der Waals surface area contributed by atoms with Gasteiger partial charge in [0.15, 0.2) is 11.3 Å². The van der Waals surface area contributed by atoms with E-state index in [2.05, 4.69) is 37.2 Å². The van der Waals surface area contributed by atoms with Crippen LogP contribution in [0.25, 0.3) is 16.7 Å². The Labute approximate surface area is 367 Å². The third kappa shape index (κ3) is 7.85. The van der Waals surface area contributed by atoms with Gasteiger partial charge >= 0.3 is 5.69 Å². The number of hydrogen-bond donors (Lipinski definition) is 1. The SMILES string of the molecule is CN1C(=O)CCC(n2c(=O)n(C)c3c(C#CCOC4CCN(CC5CCC(n6cc(NC(=O)c7cnn8ccc(N9C[C@H]%10C[C@@H]9CO%10)nc78)c(C(F)F)n6)CC5)CC4)cccc32)C1=O. The first kappa shape index (κ1) is 42.0. The predicted octanol–water partition coefficient (Wildman–Crippen LogP) is 4.33. The number of benzene rings is 1. The van der Waals surface area contributed by atoms with Gasteiger partial charge in [0.05, 0.1) is 59.4 Å². The maximum absolute atomic E-state index is 14.3. The normalized spacial score (nSPS) is 24.4. The standard InChI is InChI=1S/C45H51F2N11O6/c1-52-38(59)13-12-36(44(52)61)58-35-7-3-5-28(40(35)53(2)45(58)62)6-4-20-63-31-14-17-54(18-15-31)23-27-8-10-29(11-9-27)57-25-34(39(51-57)41(46)47)49-43(60)33-22-48-56-19-16-37(50-42(33)56)55-24-32-21-30(55)26-64-32/h3,5,7,16,19,22,25,27,29-32,36,41H,8-15,17-18,20-21,23-24,26H2,1-2H3,(H,49,60)/t27?,29?,30-,32-,36?/m1/s1. The van der Waals surface area contributed by atoms with Gasteiger partial charge in [0.1, 0.15) is 24.0 Å². The van der Waals surface area contributed by atoms with E-state index in [1.54, 1.807) is 24.0 Å². The summed E-state index contributed by atoms with van der Waals surface area (Å²) in [6.07, 6.45) is 8.76. The molecule has 1 unspecified atom stereocenters. The Morgan fingerprint density at radius 1 is 1.03 bits per heavy atom. The van der Waals surface area contributed by atoms with Crippen LogP contribution in [0.2, 0.25) is 0 Å². The zero-order chi connectivity index (χ0) is 44.2. The molecule has 1 aliphatic carbocycles. The van der Waals surface area contributed by atoms with Crippen LogP contribution < -0.4 is 15.9 Å². The number of para-hydroxylation sites is 1. The molecule has 3 amide bonds. The van der Waals surface area contributed by atoms with Crippen molar-refractivity contribution in [3.8, 4) is 11.8 Å². The number of likely N-dealkylation sites (N-methyl/N-ethyl adjacent to an activating group) is 1. The zero-order valence-electron chi connectivity index (χ0n) is 35.9. The Kier molecular flexibility index (Phi) is 11.3. The molecular formula is C45H51F2N11O6. The minimum atomic E-state index is -2.86. The molecule has 10 rings (SSSR count). The number of hydrogen-bond acceptors (Lipinski definition) is 11. The van der Waals surface area contributed by atoms with Gasteiger partial charge in [-0.2, -0.15) is 10.2 Å². The molecule has 64 heavy (non-hydrogen) atoms. The monoisotopic (exact) mass is 879 g/mol. The third-order valence-electron chi connectivity index (χ3n) is 13.9. The molecule has 4 aliphatic heterocycles. The van der Waals surface area contributed by atoms with Crippen molar-refractivity contribution in [3.05, 3.63) is 70.2 Å². The number of imide groups is 1. The summed E-state index contributed by atoms with van der Waals surface area (Å²) in [5, 5.41) is 11.3. The van der Waals surface area contributed by atoms with Crippen molar-refractivity contribution in [2.75, 3.05) is 56.7 Å². The molecule has 4 aromatic heterocycles. The van der Waals surface area contributed by atoms with E-state index >= 15 is 0 Å². The van der Waals surface area contributed by atoms with E-state index in [0.717, 1.165) is 81.8 Å². The van der Waals surface area contributed by atoms with Crippen LogP contribution in [0.4, 0.5) is 20.3 Å². The third-order valence-corrected chi connectivity index (χ3v) is 13.9. The lowest BCUT2D eigenvalue weighted by Crippen LogP contribution is -2.45. The maximum atomic E-state index is 14.3. The van der Waals surface area contributed by atoms with Gasteiger partial charge in [-0.15, -0.1) is 0 Å². The lowest BCUT2D eigenvalue weighted by molar-refractivity contribution is -0.149. The van der Waals surface area contributed by atoms with Gasteiger partial charge in [0.2, 0.25) is 5.91 Å². The van der Waals surface area contributed by atoms with Crippen LogP contribution in [0.1, 0.15) is 97.9 Å². The minimum absolute atomic E-state index is 0.0101. The number of piperidine rings is 2. The summed E-state index contributed by atoms with van der Waals surface area (Å²) in [6, 6.07) is 6.78. The molecule has 1 saturated carbocycles. The molecule has 5 aromatic rings. The highest BCUT2D eigenvalue weighted by atomic mass is 19.3. The molecule has 336 valence electrons. The van der Waals surface area contributed by atoms with Gasteiger partial charge in [-0.25, -0.2) is 23.1 Å². The fraction of sp³-hybridized carbons (Fsp3) is 0.533. The maximum Gasteiger partial charge on any atom is 0.329 e. The summed E-state index contributed by atoms with van der Waals surface area (Å²) in [6.45, 7) is 4.40. The molecule has 5 aliphatic rings. The quantitative estimate of drug-likeness (QED) is 0.157. The van der Waals surface area contributed by atoms with Gasteiger partial charge in [0, 0.05) is 59.1 Å². The van der Waals surface area contributed by atoms with Gasteiger partial charge in [-0.1, -0.05) is 17.9 Å². The van der Waals surface area contributed by atoms with Crippen molar-refractivity contribution in [3.63, 3.8) is 0 Å². The number of aryl methyl sites for hydroxylation is 1. The average Bonchev–Trinajstić information content (AvgIpc) is 4.15. The van der Waals surface area contributed by atoms with Crippen molar-refractivity contribution in [2.45, 2.75) is 94.5 Å². The first-order valence-corrected chi connectivity index (χ1v) is 22.2. The summed E-state index contributed by atoms with van der Waals surface area (Å²) in [7, 11) is 3.12. The Morgan fingerprint density at radius 2 is 1.84 bits per heavy atom. The number of amides is 3. The highest BCUT2D eigenvalue weighted by Crippen LogP contribution is 2.37. The second-order valence-electron chi connectivity index (χ2n) is 17.8. The highest BCUT2D eigenvalue weighted by molar-refractivity contribution is 6.08. The van der Waals surface area contributed by atoms with Crippen LogP contribution >= 0.6 is 0 Å². The van der Waals surface area contributed by atoms with E-state index in [1.807, 2.05) is 18.2 Å². The van der Waals surface area contributed by atoms with Crippen molar-refractivity contribution < 1.29 is 32.6 Å². The number of nitrogens with one attached hydrogen (secondary N) is 1. The molecule has 4 saturated heterocycles. The number of aromatic nitrogens is 7. The van der Waals surface area contributed by atoms with Crippen LogP contribution in [0, 0.1) is 17.8 Å². The summed E-state index contributed by atoms with van der Waals surface area (Å²) in [4.78, 5) is 62.4. The number of imidazole rings is 1. The van der Waals surface area contributed by atoms with Crippen LogP contribution in [0.5, 0.6) is 0 Å². The van der Waals surface area contributed by atoms with Crippen LogP contribution in [0.3, 0.4) is 0 Å². The fourth-order valence-electron chi connectivity index (χ4n) is 10.4. The molecule has 0 radical (unpaired) electrons. The first-order valence-electron chi connectivity index (χ1n) is 22.2. The summed E-state index contributed by atoms with van der Waals surface area (Å²) in [5.74, 6) is 6.31. The number of morpholine rings is 1. The fourth-order valence-corrected chi connectivity index (χ4v) is 10.4. The molecule has 1 aromatic carbocycles. The number of halogens is 2. The molecule has 8 heterocycles.